The Balaban J connectivity index is 1.63. The topological polar surface area (TPSA) is 54.6 Å². The average molecular weight is 284 g/mol. The minimum atomic E-state index is 0.160. The van der Waals surface area contributed by atoms with Gasteiger partial charge in [-0.15, -0.1) is 0 Å². The maximum Gasteiger partial charge on any atom is 0.166 e. The zero-order chi connectivity index (χ0) is 14.2. The SMILES string of the molecule is O=C1C[C@H](c2ccco2)CC2=C1C=N[C@@H]1CCCC[C@H]1N2. The van der Waals surface area contributed by atoms with Gasteiger partial charge in [-0.05, 0) is 31.4 Å². The highest BCUT2D eigenvalue weighted by Crippen LogP contribution is 2.35. The first-order valence-electron chi connectivity index (χ1n) is 7.91. The Morgan fingerprint density at radius 2 is 2.14 bits per heavy atom. The lowest BCUT2D eigenvalue weighted by molar-refractivity contribution is -0.116. The van der Waals surface area contributed by atoms with Gasteiger partial charge in [-0.25, -0.2) is 0 Å². The molecule has 1 aromatic rings. The summed E-state index contributed by atoms with van der Waals surface area (Å²) < 4.78 is 5.50. The molecule has 21 heavy (non-hydrogen) atoms. The van der Waals surface area contributed by atoms with Crippen LogP contribution in [0.25, 0.3) is 0 Å². The second-order valence-electron chi connectivity index (χ2n) is 6.32. The number of hydrogen-bond acceptors (Lipinski definition) is 4. The van der Waals surface area contributed by atoms with E-state index in [0.29, 0.717) is 18.5 Å². The number of Topliss-reactive ketones (excluding diaryl/α,β-unsaturated/α-hetero) is 1. The van der Waals surface area contributed by atoms with Crippen molar-refractivity contribution in [2.45, 2.75) is 56.5 Å². The fraction of sp³-hybridized carbons (Fsp3) is 0.529. The van der Waals surface area contributed by atoms with E-state index in [1.807, 2.05) is 18.3 Å². The van der Waals surface area contributed by atoms with E-state index in [-0.39, 0.29) is 11.7 Å². The summed E-state index contributed by atoms with van der Waals surface area (Å²) in [5, 5.41) is 3.63. The van der Waals surface area contributed by atoms with Crippen LogP contribution in [0, 0.1) is 0 Å². The second kappa shape index (κ2) is 5.17. The van der Waals surface area contributed by atoms with Gasteiger partial charge < -0.3 is 9.73 Å². The van der Waals surface area contributed by atoms with Crippen LogP contribution in [-0.2, 0) is 4.79 Å². The van der Waals surface area contributed by atoms with Crippen LogP contribution in [0.3, 0.4) is 0 Å². The Morgan fingerprint density at radius 1 is 1.24 bits per heavy atom. The maximum absolute atomic E-state index is 12.5. The number of furan rings is 1. The monoisotopic (exact) mass is 284 g/mol. The first kappa shape index (κ1) is 12.9. The molecular formula is C17H20N2O2. The summed E-state index contributed by atoms with van der Waals surface area (Å²) in [5.41, 5.74) is 1.87. The highest BCUT2D eigenvalue weighted by molar-refractivity contribution is 6.15. The Hall–Kier alpha value is -1.84. The molecule has 1 aliphatic heterocycles. The molecule has 1 saturated carbocycles. The van der Waals surface area contributed by atoms with E-state index in [2.05, 4.69) is 10.3 Å². The van der Waals surface area contributed by atoms with Gasteiger partial charge in [0.25, 0.3) is 0 Å². The molecule has 0 saturated heterocycles. The third-order valence-electron chi connectivity index (χ3n) is 4.94. The number of ketones is 1. The maximum atomic E-state index is 12.5. The van der Waals surface area contributed by atoms with Gasteiger partial charge in [-0.1, -0.05) is 12.8 Å². The molecular weight excluding hydrogens is 264 g/mol. The number of hydrogen-bond donors (Lipinski definition) is 1. The molecule has 0 spiro atoms. The average Bonchev–Trinajstić information content (AvgIpc) is 2.95. The lowest BCUT2D eigenvalue weighted by Crippen LogP contribution is -2.41. The van der Waals surface area contributed by atoms with Crippen LogP contribution in [0.4, 0.5) is 0 Å². The van der Waals surface area contributed by atoms with Crippen LogP contribution in [-0.4, -0.2) is 24.1 Å². The van der Waals surface area contributed by atoms with E-state index in [0.717, 1.165) is 36.3 Å². The quantitative estimate of drug-likeness (QED) is 0.862. The summed E-state index contributed by atoms with van der Waals surface area (Å²) in [6.45, 7) is 0. The summed E-state index contributed by atoms with van der Waals surface area (Å²) in [6.07, 6.45) is 9.67. The van der Waals surface area contributed by atoms with Crippen molar-refractivity contribution in [3.05, 3.63) is 35.4 Å². The van der Waals surface area contributed by atoms with Gasteiger partial charge >= 0.3 is 0 Å². The Kier molecular flexibility index (Phi) is 3.17. The smallest absolute Gasteiger partial charge is 0.166 e. The van der Waals surface area contributed by atoms with Crippen LogP contribution in [0.2, 0.25) is 0 Å². The van der Waals surface area contributed by atoms with Crippen molar-refractivity contribution in [2.24, 2.45) is 4.99 Å². The molecule has 4 nitrogen and oxygen atoms in total. The van der Waals surface area contributed by atoms with Gasteiger partial charge in [0, 0.05) is 30.3 Å². The summed E-state index contributed by atoms with van der Waals surface area (Å²) in [5.74, 6) is 1.26. The number of carbonyl (C=O) groups excluding carboxylic acids is 1. The van der Waals surface area contributed by atoms with Crippen molar-refractivity contribution in [3.63, 3.8) is 0 Å². The molecule has 0 bridgehead atoms. The largest absolute Gasteiger partial charge is 0.469 e. The molecule has 3 atom stereocenters. The van der Waals surface area contributed by atoms with E-state index in [1.54, 1.807) is 6.26 Å². The summed E-state index contributed by atoms with van der Waals surface area (Å²) in [6, 6.07) is 4.59. The minimum absolute atomic E-state index is 0.160. The molecule has 1 fully saturated rings. The van der Waals surface area contributed by atoms with Crippen molar-refractivity contribution in [2.75, 3.05) is 0 Å². The van der Waals surface area contributed by atoms with Crippen LogP contribution < -0.4 is 5.32 Å². The summed E-state index contributed by atoms with van der Waals surface area (Å²) >= 11 is 0. The molecule has 4 rings (SSSR count). The number of rotatable bonds is 1. The number of carbonyl (C=O) groups is 1. The molecule has 1 aromatic heterocycles. The fourth-order valence-electron chi connectivity index (χ4n) is 3.79. The highest BCUT2D eigenvalue weighted by Gasteiger charge is 2.34. The van der Waals surface area contributed by atoms with Crippen LogP contribution in [0.1, 0.15) is 50.2 Å². The molecule has 0 radical (unpaired) electrons. The molecule has 2 heterocycles. The number of fused-ring (bicyclic) bond motifs is 1. The second-order valence-corrected chi connectivity index (χ2v) is 6.32. The Morgan fingerprint density at radius 3 is 3.00 bits per heavy atom. The number of nitrogens with one attached hydrogen (secondary N) is 1. The van der Waals surface area contributed by atoms with Gasteiger partial charge in [0.05, 0.1) is 17.9 Å². The van der Waals surface area contributed by atoms with E-state index in [4.69, 9.17) is 4.42 Å². The molecule has 3 aliphatic rings. The van der Waals surface area contributed by atoms with Crippen LogP contribution in [0.5, 0.6) is 0 Å². The first-order valence-corrected chi connectivity index (χ1v) is 7.91. The third-order valence-corrected chi connectivity index (χ3v) is 4.94. The Bertz CT molecular complexity index is 600. The summed E-state index contributed by atoms with van der Waals surface area (Å²) in [7, 11) is 0. The standard InChI is InChI=1S/C17H20N2O2/c20-16-9-11(17-6-3-7-21-17)8-15-12(16)10-18-13-4-1-2-5-14(13)19-15/h3,6-7,10-11,13-14,19H,1-2,4-5,8-9H2/t11-,13-,14-/m1/s1. The molecule has 110 valence electrons. The van der Waals surface area contributed by atoms with Crippen molar-refractivity contribution in [1.29, 1.82) is 0 Å². The minimum Gasteiger partial charge on any atom is -0.469 e. The van der Waals surface area contributed by atoms with E-state index in [9.17, 15) is 4.79 Å². The van der Waals surface area contributed by atoms with Gasteiger partial charge in [-0.2, -0.15) is 0 Å². The predicted molar refractivity (Wildman–Crippen MR) is 80.4 cm³/mol. The van der Waals surface area contributed by atoms with Crippen LogP contribution in [0.15, 0.2) is 39.1 Å². The zero-order valence-corrected chi connectivity index (χ0v) is 12.0. The predicted octanol–water partition coefficient (Wildman–Crippen LogP) is 2.97. The molecule has 0 aromatic carbocycles. The number of nitrogens with zero attached hydrogens (tertiary/aromatic N) is 1. The molecule has 0 amide bonds. The zero-order valence-electron chi connectivity index (χ0n) is 12.0. The normalized spacial score (nSPS) is 32.2. The number of aliphatic imine (C=N–C) groups is 1. The highest BCUT2D eigenvalue weighted by atomic mass is 16.3. The van der Waals surface area contributed by atoms with E-state index >= 15 is 0 Å². The first-order chi connectivity index (χ1) is 10.3. The van der Waals surface area contributed by atoms with Crippen LogP contribution >= 0.6 is 0 Å². The van der Waals surface area contributed by atoms with E-state index < -0.39 is 0 Å². The van der Waals surface area contributed by atoms with Crippen molar-refractivity contribution < 1.29 is 9.21 Å². The van der Waals surface area contributed by atoms with Crippen molar-refractivity contribution >= 4 is 12.0 Å². The molecule has 4 heteroatoms. The van der Waals surface area contributed by atoms with Gasteiger partial charge in [0.15, 0.2) is 5.78 Å². The van der Waals surface area contributed by atoms with E-state index in [1.165, 1.54) is 12.8 Å². The lowest BCUT2D eigenvalue weighted by Gasteiger charge is -2.31. The van der Waals surface area contributed by atoms with Crippen molar-refractivity contribution in [3.8, 4) is 0 Å². The van der Waals surface area contributed by atoms with Gasteiger partial charge in [0.1, 0.15) is 5.76 Å². The van der Waals surface area contributed by atoms with Gasteiger partial charge in [-0.3, -0.25) is 9.79 Å². The summed E-state index contributed by atoms with van der Waals surface area (Å²) in [4.78, 5) is 17.1. The molecule has 1 N–H and O–H groups in total. The Labute approximate surface area is 124 Å². The third kappa shape index (κ3) is 2.33. The van der Waals surface area contributed by atoms with Gasteiger partial charge in [0.2, 0.25) is 0 Å². The molecule has 2 aliphatic carbocycles. The lowest BCUT2D eigenvalue weighted by atomic mass is 9.84. The molecule has 0 unspecified atom stereocenters. The fourth-order valence-corrected chi connectivity index (χ4v) is 3.79. The number of allylic oxidation sites excluding steroid dienone is 2. The van der Waals surface area contributed by atoms with Crippen molar-refractivity contribution in [1.82, 2.24) is 5.32 Å².